The molecule has 1 amide bonds. The lowest BCUT2D eigenvalue weighted by Gasteiger charge is -2.15. The van der Waals surface area contributed by atoms with E-state index in [0.29, 0.717) is 5.69 Å². The van der Waals surface area contributed by atoms with Crippen LogP contribution in [0.15, 0.2) is 36.9 Å². The van der Waals surface area contributed by atoms with E-state index < -0.39 is 6.10 Å². The highest BCUT2D eigenvalue weighted by Crippen LogP contribution is 2.18. The molecule has 0 bridgehead atoms. The van der Waals surface area contributed by atoms with E-state index >= 15 is 0 Å². The second kappa shape index (κ2) is 6.07. The quantitative estimate of drug-likeness (QED) is 0.800. The third-order valence-electron chi connectivity index (χ3n) is 2.62. The summed E-state index contributed by atoms with van der Waals surface area (Å²) in [5.74, 6) is -0.294. The zero-order valence-electron chi connectivity index (χ0n) is 10.5. The highest BCUT2D eigenvalue weighted by Gasteiger charge is 2.17. The van der Waals surface area contributed by atoms with Gasteiger partial charge in [-0.3, -0.25) is 4.79 Å². The van der Waals surface area contributed by atoms with Crippen LogP contribution in [0, 0.1) is 0 Å². The van der Waals surface area contributed by atoms with E-state index in [1.165, 1.54) is 13.4 Å². The van der Waals surface area contributed by atoms with Crippen molar-refractivity contribution in [2.75, 3.05) is 19.0 Å². The van der Waals surface area contributed by atoms with E-state index in [2.05, 4.69) is 15.4 Å². The number of nitrogens with one attached hydrogen (secondary N) is 1. The van der Waals surface area contributed by atoms with Gasteiger partial charge in [0, 0.05) is 13.7 Å². The van der Waals surface area contributed by atoms with Crippen molar-refractivity contribution in [1.82, 2.24) is 14.8 Å². The van der Waals surface area contributed by atoms with Crippen LogP contribution in [-0.4, -0.2) is 40.4 Å². The molecule has 1 unspecified atom stereocenters. The van der Waals surface area contributed by atoms with Crippen molar-refractivity contribution >= 4 is 11.6 Å². The zero-order chi connectivity index (χ0) is 13.7. The van der Waals surface area contributed by atoms with Gasteiger partial charge in [0.15, 0.2) is 0 Å². The van der Waals surface area contributed by atoms with Gasteiger partial charge >= 0.3 is 0 Å². The van der Waals surface area contributed by atoms with Crippen LogP contribution in [0.1, 0.15) is 0 Å². The Labute approximate surface area is 110 Å². The maximum atomic E-state index is 11.9. The van der Waals surface area contributed by atoms with E-state index in [0.717, 1.165) is 5.69 Å². The van der Waals surface area contributed by atoms with E-state index in [-0.39, 0.29) is 12.5 Å². The minimum absolute atomic E-state index is 0.119. The number of hydrogen-bond donors (Lipinski definition) is 2. The fraction of sp³-hybridized carbons (Fsp3) is 0.250. The number of carbonyl (C=O) groups is 1. The highest BCUT2D eigenvalue weighted by atomic mass is 16.5. The minimum Gasteiger partial charge on any atom is -0.370 e. The lowest BCUT2D eigenvalue weighted by Crippen LogP contribution is -2.36. The number of rotatable bonds is 5. The lowest BCUT2D eigenvalue weighted by atomic mass is 10.2. The summed E-state index contributed by atoms with van der Waals surface area (Å²) >= 11 is 0. The molecular weight excluding hydrogens is 246 g/mol. The SMILES string of the molecule is COC(CN)C(=O)Nc1ccccc1-n1cncn1. The van der Waals surface area contributed by atoms with Crippen LogP contribution >= 0.6 is 0 Å². The van der Waals surface area contributed by atoms with Crippen LogP contribution in [0.5, 0.6) is 0 Å². The summed E-state index contributed by atoms with van der Waals surface area (Å²) in [5, 5.41) is 6.81. The summed E-state index contributed by atoms with van der Waals surface area (Å²) < 4.78 is 6.56. The molecule has 0 fully saturated rings. The van der Waals surface area contributed by atoms with E-state index in [1.807, 2.05) is 18.2 Å². The molecule has 1 aromatic carbocycles. The van der Waals surface area contributed by atoms with Crippen molar-refractivity contribution in [2.45, 2.75) is 6.10 Å². The number of carbonyl (C=O) groups excluding carboxylic acids is 1. The first kappa shape index (κ1) is 13.2. The van der Waals surface area contributed by atoms with Gasteiger partial charge in [-0.1, -0.05) is 12.1 Å². The Hall–Kier alpha value is -2.25. The number of hydrogen-bond acceptors (Lipinski definition) is 5. The molecule has 100 valence electrons. The molecule has 0 aliphatic rings. The molecule has 3 N–H and O–H groups in total. The molecule has 19 heavy (non-hydrogen) atoms. The normalized spacial score (nSPS) is 12.1. The number of methoxy groups -OCH3 is 1. The molecule has 1 heterocycles. The first-order chi connectivity index (χ1) is 9.26. The van der Waals surface area contributed by atoms with E-state index in [9.17, 15) is 4.79 Å². The summed E-state index contributed by atoms with van der Waals surface area (Å²) in [6.45, 7) is 0.119. The summed E-state index contributed by atoms with van der Waals surface area (Å²) in [6, 6.07) is 7.27. The predicted molar refractivity (Wildman–Crippen MR) is 69.8 cm³/mol. The Morgan fingerprint density at radius 3 is 2.95 bits per heavy atom. The molecule has 2 aromatic rings. The first-order valence-electron chi connectivity index (χ1n) is 5.74. The van der Waals surface area contributed by atoms with Gasteiger partial charge in [-0.2, -0.15) is 5.10 Å². The number of para-hydroxylation sites is 2. The average Bonchev–Trinajstić information content (AvgIpc) is 2.94. The number of nitrogens with two attached hydrogens (primary N) is 1. The number of aromatic nitrogens is 3. The largest absolute Gasteiger partial charge is 0.370 e. The standard InChI is InChI=1S/C12H15N5O2/c1-19-11(6-13)12(18)16-9-4-2-3-5-10(9)17-8-14-7-15-17/h2-5,7-8,11H,6,13H2,1H3,(H,16,18). The summed E-state index contributed by atoms with van der Waals surface area (Å²) in [7, 11) is 1.44. The van der Waals surface area contributed by atoms with Crippen molar-refractivity contribution < 1.29 is 9.53 Å². The third-order valence-corrected chi connectivity index (χ3v) is 2.62. The van der Waals surface area contributed by atoms with Crippen LogP contribution in [0.3, 0.4) is 0 Å². The van der Waals surface area contributed by atoms with Crippen molar-refractivity contribution in [2.24, 2.45) is 5.73 Å². The summed E-state index contributed by atoms with van der Waals surface area (Å²) in [6.07, 6.45) is 2.31. The predicted octanol–water partition coefficient (Wildman–Crippen LogP) is 0.179. The molecule has 0 radical (unpaired) electrons. The van der Waals surface area contributed by atoms with Crippen LogP contribution in [0.25, 0.3) is 5.69 Å². The topological polar surface area (TPSA) is 95.1 Å². The Kier molecular flexibility index (Phi) is 4.22. The van der Waals surface area contributed by atoms with Crippen molar-refractivity contribution in [3.8, 4) is 5.69 Å². The summed E-state index contributed by atoms with van der Waals surface area (Å²) in [5.41, 5.74) is 6.80. The Morgan fingerprint density at radius 2 is 2.32 bits per heavy atom. The maximum Gasteiger partial charge on any atom is 0.254 e. The Bertz CT molecular complexity index is 537. The smallest absolute Gasteiger partial charge is 0.254 e. The molecule has 7 heteroatoms. The van der Waals surface area contributed by atoms with Crippen molar-refractivity contribution in [1.29, 1.82) is 0 Å². The van der Waals surface area contributed by atoms with Crippen LogP contribution in [-0.2, 0) is 9.53 Å². The zero-order valence-corrected chi connectivity index (χ0v) is 10.5. The molecule has 0 saturated heterocycles. The third kappa shape index (κ3) is 2.95. The number of benzene rings is 1. The highest BCUT2D eigenvalue weighted by molar-refractivity contribution is 5.96. The van der Waals surface area contributed by atoms with Crippen molar-refractivity contribution in [3.63, 3.8) is 0 Å². The molecule has 0 aliphatic heterocycles. The van der Waals surface area contributed by atoms with Crippen LogP contribution < -0.4 is 11.1 Å². The van der Waals surface area contributed by atoms with Crippen molar-refractivity contribution in [3.05, 3.63) is 36.9 Å². The number of anilines is 1. The first-order valence-corrected chi connectivity index (χ1v) is 5.74. The monoisotopic (exact) mass is 261 g/mol. The summed E-state index contributed by atoms with van der Waals surface area (Å²) in [4.78, 5) is 15.8. The van der Waals surface area contributed by atoms with E-state index in [1.54, 1.807) is 17.1 Å². The maximum absolute atomic E-state index is 11.9. The molecule has 1 aromatic heterocycles. The Balaban J connectivity index is 2.24. The average molecular weight is 261 g/mol. The molecule has 0 spiro atoms. The lowest BCUT2D eigenvalue weighted by molar-refractivity contribution is -0.125. The van der Waals surface area contributed by atoms with Gasteiger partial charge in [-0.15, -0.1) is 0 Å². The van der Waals surface area contributed by atoms with Gasteiger partial charge in [0.2, 0.25) is 0 Å². The fourth-order valence-electron chi connectivity index (χ4n) is 1.64. The molecule has 1 atom stereocenters. The van der Waals surface area contributed by atoms with Gasteiger partial charge in [0.1, 0.15) is 18.8 Å². The van der Waals surface area contributed by atoms with Gasteiger partial charge in [0.25, 0.3) is 5.91 Å². The van der Waals surface area contributed by atoms with E-state index in [4.69, 9.17) is 10.5 Å². The number of amides is 1. The fourth-order valence-corrected chi connectivity index (χ4v) is 1.64. The van der Waals surface area contributed by atoms with Gasteiger partial charge in [0.05, 0.1) is 11.4 Å². The van der Waals surface area contributed by atoms with Gasteiger partial charge in [-0.25, -0.2) is 9.67 Å². The molecule has 2 rings (SSSR count). The van der Waals surface area contributed by atoms with Gasteiger partial charge in [-0.05, 0) is 12.1 Å². The second-order valence-corrected chi connectivity index (χ2v) is 3.81. The number of nitrogens with zero attached hydrogens (tertiary/aromatic N) is 3. The molecule has 7 nitrogen and oxygen atoms in total. The second-order valence-electron chi connectivity index (χ2n) is 3.81. The Morgan fingerprint density at radius 1 is 1.53 bits per heavy atom. The number of ether oxygens (including phenoxy) is 1. The molecule has 0 saturated carbocycles. The van der Waals surface area contributed by atoms with Crippen LogP contribution in [0.2, 0.25) is 0 Å². The van der Waals surface area contributed by atoms with Gasteiger partial charge < -0.3 is 15.8 Å². The molecule has 0 aliphatic carbocycles. The van der Waals surface area contributed by atoms with Crippen LogP contribution in [0.4, 0.5) is 5.69 Å². The molecular formula is C12H15N5O2. The minimum atomic E-state index is -0.677.